The zero-order valence-corrected chi connectivity index (χ0v) is 13.8. The van der Waals surface area contributed by atoms with Gasteiger partial charge < -0.3 is 10.1 Å². The lowest BCUT2D eigenvalue weighted by Gasteiger charge is -2.31. The van der Waals surface area contributed by atoms with Crippen molar-refractivity contribution in [1.29, 1.82) is 0 Å². The maximum Gasteiger partial charge on any atom is 0.242 e. The van der Waals surface area contributed by atoms with E-state index in [1.165, 1.54) is 0 Å². The highest BCUT2D eigenvalue weighted by molar-refractivity contribution is 7.89. The molecule has 0 amide bonds. The molecule has 118 valence electrons. The summed E-state index contributed by atoms with van der Waals surface area (Å²) in [6.45, 7) is 8.36. The van der Waals surface area contributed by atoms with Crippen molar-refractivity contribution in [2.45, 2.75) is 56.7 Å². The molecule has 1 saturated heterocycles. The van der Waals surface area contributed by atoms with Crippen LogP contribution in [-0.2, 0) is 14.8 Å². The van der Waals surface area contributed by atoms with Gasteiger partial charge in [0.25, 0.3) is 0 Å². The summed E-state index contributed by atoms with van der Waals surface area (Å²) in [5.41, 5.74) is 0.356. The Bertz CT molecular complexity index is 601. The molecular formula is C15H24N2O3S. The lowest BCUT2D eigenvalue weighted by Crippen LogP contribution is -2.42. The van der Waals surface area contributed by atoms with Gasteiger partial charge in [-0.15, -0.1) is 0 Å². The number of hydrogen-bond donors (Lipinski definition) is 2. The first-order valence-corrected chi connectivity index (χ1v) is 8.74. The molecule has 1 aromatic rings. The summed E-state index contributed by atoms with van der Waals surface area (Å²) in [7, 11) is -3.53. The van der Waals surface area contributed by atoms with E-state index in [0.717, 1.165) is 6.42 Å². The molecular weight excluding hydrogens is 288 g/mol. The van der Waals surface area contributed by atoms with Crippen LogP contribution in [-0.4, -0.2) is 32.7 Å². The van der Waals surface area contributed by atoms with Gasteiger partial charge in [0.2, 0.25) is 10.0 Å². The summed E-state index contributed by atoms with van der Waals surface area (Å²) in [4.78, 5) is 0.277. The molecule has 2 unspecified atom stereocenters. The minimum atomic E-state index is -3.53. The highest BCUT2D eigenvalue weighted by atomic mass is 32.2. The van der Waals surface area contributed by atoms with Gasteiger partial charge in [0.15, 0.2) is 0 Å². The van der Waals surface area contributed by atoms with Crippen LogP contribution in [0.5, 0.6) is 0 Å². The predicted octanol–water partition coefficient (Wildman–Crippen LogP) is 2.35. The molecule has 1 aromatic carbocycles. The molecule has 2 rings (SSSR count). The third-order valence-corrected chi connectivity index (χ3v) is 5.59. The topological polar surface area (TPSA) is 67.4 Å². The van der Waals surface area contributed by atoms with Crippen LogP contribution in [0.15, 0.2) is 29.2 Å². The molecule has 21 heavy (non-hydrogen) atoms. The zero-order chi connectivity index (χ0) is 15.7. The van der Waals surface area contributed by atoms with Gasteiger partial charge in [-0.3, -0.25) is 0 Å². The van der Waals surface area contributed by atoms with E-state index in [1.54, 1.807) is 18.2 Å². The number of anilines is 1. The smallest absolute Gasteiger partial charge is 0.242 e. The van der Waals surface area contributed by atoms with Gasteiger partial charge >= 0.3 is 0 Å². The number of para-hydroxylation sites is 1. The Morgan fingerprint density at radius 1 is 1.33 bits per heavy atom. The van der Waals surface area contributed by atoms with Crippen molar-refractivity contribution in [1.82, 2.24) is 4.72 Å². The molecule has 0 aliphatic carbocycles. The van der Waals surface area contributed by atoms with E-state index >= 15 is 0 Å². The standard InChI is InChI=1S/C15H24N2O3S/c1-11(2)17-21(18,19)14-8-6-5-7-13(14)16-15(4)9-10-20-12(15)3/h5-8,11-12,16-17H,9-10H2,1-4H3. The second kappa shape index (κ2) is 5.94. The van der Waals surface area contributed by atoms with Crippen LogP contribution in [0.3, 0.4) is 0 Å². The molecule has 2 N–H and O–H groups in total. The first-order valence-electron chi connectivity index (χ1n) is 7.26. The molecule has 2 atom stereocenters. The van der Waals surface area contributed by atoms with Crippen molar-refractivity contribution in [2.75, 3.05) is 11.9 Å². The van der Waals surface area contributed by atoms with Crippen LogP contribution in [0.2, 0.25) is 0 Å². The Morgan fingerprint density at radius 3 is 2.57 bits per heavy atom. The van der Waals surface area contributed by atoms with Gasteiger partial charge in [0.05, 0.1) is 17.3 Å². The van der Waals surface area contributed by atoms with Gasteiger partial charge in [-0.05, 0) is 46.2 Å². The molecule has 0 bridgehead atoms. The predicted molar refractivity (Wildman–Crippen MR) is 84.0 cm³/mol. The molecule has 1 aliphatic heterocycles. The van der Waals surface area contributed by atoms with Crippen LogP contribution in [0.1, 0.15) is 34.1 Å². The van der Waals surface area contributed by atoms with Crippen LogP contribution in [0.4, 0.5) is 5.69 Å². The molecule has 0 aromatic heterocycles. The quantitative estimate of drug-likeness (QED) is 0.876. The first-order chi connectivity index (χ1) is 9.74. The molecule has 5 nitrogen and oxygen atoms in total. The minimum absolute atomic E-state index is 0.0336. The molecule has 1 aliphatic rings. The average molecular weight is 312 g/mol. The Labute approximate surface area is 127 Å². The first kappa shape index (κ1) is 16.3. The van der Waals surface area contributed by atoms with E-state index in [-0.39, 0.29) is 22.6 Å². The van der Waals surface area contributed by atoms with Crippen LogP contribution < -0.4 is 10.0 Å². The molecule has 6 heteroatoms. The zero-order valence-electron chi connectivity index (χ0n) is 13.0. The number of hydrogen-bond acceptors (Lipinski definition) is 4. The average Bonchev–Trinajstić information content (AvgIpc) is 2.68. The maximum atomic E-state index is 12.4. The normalized spacial score (nSPS) is 26.2. The van der Waals surface area contributed by atoms with Crippen molar-refractivity contribution < 1.29 is 13.2 Å². The molecule has 0 radical (unpaired) electrons. The van der Waals surface area contributed by atoms with E-state index in [2.05, 4.69) is 17.0 Å². The summed E-state index contributed by atoms with van der Waals surface area (Å²) in [5, 5.41) is 3.37. The van der Waals surface area contributed by atoms with Gasteiger partial charge in [0.1, 0.15) is 4.90 Å². The molecule has 1 heterocycles. The molecule has 1 fully saturated rings. The monoisotopic (exact) mass is 312 g/mol. The number of rotatable bonds is 5. The number of ether oxygens (including phenoxy) is 1. The van der Waals surface area contributed by atoms with Gasteiger partial charge in [-0.25, -0.2) is 13.1 Å². The highest BCUT2D eigenvalue weighted by Crippen LogP contribution is 2.32. The van der Waals surface area contributed by atoms with Gasteiger partial charge in [0, 0.05) is 12.6 Å². The van der Waals surface area contributed by atoms with Gasteiger partial charge in [-0.2, -0.15) is 0 Å². The Balaban J connectivity index is 2.34. The van der Waals surface area contributed by atoms with Crippen molar-refractivity contribution >= 4 is 15.7 Å². The van der Waals surface area contributed by atoms with E-state index < -0.39 is 10.0 Å². The third-order valence-electron chi connectivity index (χ3n) is 3.87. The third kappa shape index (κ3) is 3.56. The Morgan fingerprint density at radius 2 is 2.00 bits per heavy atom. The van der Waals surface area contributed by atoms with E-state index in [4.69, 9.17) is 4.74 Å². The Kier molecular flexibility index (Phi) is 4.60. The summed E-state index contributed by atoms with van der Waals surface area (Å²) in [6.07, 6.45) is 0.881. The fourth-order valence-corrected chi connectivity index (χ4v) is 3.90. The summed E-state index contributed by atoms with van der Waals surface area (Å²) in [5.74, 6) is 0. The maximum absolute atomic E-state index is 12.4. The lowest BCUT2D eigenvalue weighted by molar-refractivity contribution is 0.105. The van der Waals surface area contributed by atoms with Crippen molar-refractivity contribution in [3.63, 3.8) is 0 Å². The van der Waals surface area contributed by atoms with E-state index in [9.17, 15) is 8.42 Å². The summed E-state index contributed by atoms with van der Waals surface area (Å²) < 4.78 is 33.1. The fourth-order valence-electron chi connectivity index (χ4n) is 2.48. The van der Waals surface area contributed by atoms with Crippen LogP contribution in [0, 0.1) is 0 Å². The lowest BCUT2D eigenvalue weighted by atomic mass is 9.94. The summed E-state index contributed by atoms with van der Waals surface area (Å²) in [6, 6.07) is 6.84. The second-order valence-electron chi connectivity index (χ2n) is 6.08. The Hall–Kier alpha value is -1.11. The van der Waals surface area contributed by atoms with Gasteiger partial charge in [-0.1, -0.05) is 12.1 Å². The fraction of sp³-hybridized carbons (Fsp3) is 0.600. The van der Waals surface area contributed by atoms with Crippen molar-refractivity contribution in [3.8, 4) is 0 Å². The van der Waals surface area contributed by atoms with Crippen LogP contribution >= 0.6 is 0 Å². The van der Waals surface area contributed by atoms with Crippen molar-refractivity contribution in [2.24, 2.45) is 0 Å². The molecule has 0 saturated carbocycles. The SMILES string of the molecule is CC(C)NS(=O)(=O)c1ccccc1NC1(C)CCOC1C. The van der Waals surface area contributed by atoms with E-state index in [0.29, 0.717) is 12.3 Å². The van der Waals surface area contributed by atoms with Crippen LogP contribution in [0.25, 0.3) is 0 Å². The van der Waals surface area contributed by atoms with Crippen molar-refractivity contribution in [3.05, 3.63) is 24.3 Å². The van der Waals surface area contributed by atoms with E-state index in [1.807, 2.05) is 26.8 Å². The second-order valence-corrected chi connectivity index (χ2v) is 7.76. The largest absolute Gasteiger partial charge is 0.376 e. The minimum Gasteiger partial charge on any atom is -0.376 e. The molecule has 0 spiro atoms. The number of benzene rings is 1. The summed E-state index contributed by atoms with van der Waals surface area (Å²) >= 11 is 0. The number of sulfonamides is 1. The highest BCUT2D eigenvalue weighted by Gasteiger charge is 2.37. The number of nitrogens with one attached hydrogen (secondary N) is 2.